The van der Waals surface area contributed by atoms with E-state index in [0.717, 1.165) is 30.7 Å². The second-order valence-electron chi connectivity index (χ2n) is 7.28. The first kappa shape index (κ1) is 19.1. The summed E-state index contributed by atoms with van der Waals surface area (Å²) in [6.45, 7) is 4.29. The predicted molar refractivity (Wildman–Crippen MR) is 109 cm³/mol. The van der Waals surface area contributed by atoms with Gasteiger partial charge in [0.05, 0.1) is 16.5 Å². The van der Waals surface area contributed by atoms with Crippen LogP contribution in [0.25, 0.3) is 10.9 Å². The molecule has 2 aromatic carbocycles. The van der Waals surface area contributed by atoms with E-state index in [9.17, 15) is 14.4 Å². The number of aryl methyl sites for hydroxylation is 2. The van der Waals surface area contributed by atoms with Gasteiger partial charge in [0, 0.05) is 18.5 Å². The molecule has 1 aliphatic rings. The maximum Gasteiger partial charge on any atom is 0.338 e. The van der Waals surface area contributed by atoms with Crippen molar-refractivity contribution in [3.8, 4) is 0 Å². The number of carbonyl (C=O) groups is 2. The molecule has 1 aromatic heterocycles. The molecular formula is C23H22N2O4. The summed E-state index contributed by atoms with van der Waals surface area (Å²) in [6, 6.07) is 12.0. The van der Waals surface area contributed by atoms with Crippen LogP contribution in [-0.2, 0) is 24.1 Å². The summed E-state index contributed by atoms with van der Waals surface area (Å²) in [5.41, 5.74) is 2.31. The van der Waals surface area contributed by atoms with Crippen LogP contribution in [0.2, 0.25) is 0 Å². The first-order valence-corrected chi connectivity index (χ1v) is 9.85. The second-order valence-corrected chi connectivity index (χ2v) is 7.28. The molecule has 0 saturated carbocycles. The van der Waals surface area contributed by atoms with E-state index in [1.165, 1.54) is 0 Å². The van der Waals surface area contributed by atoms with Gasteiger partial charge in [-0.1, -0.05) is 31.2 Å². The van der Waals surface area contributed by atoms with Gasteiger partial charge in [-0.05, 0) is 43.5 Å². The Bertz CT molecular complexity index is 1160. The molecule has 0 unspecified atom stereocenters. The summed E-state index contributed by atoms with van der Waals surface area (Å²) in [5.74, 6) is -0.122. The fourth-order valence-corrected chi connectivity index (χ4v) is 3.63. The van der Waals surface area contributed by atoms with Crippen LogP contribution in [0.3, 0.4) is 0 Å². The SMILES string of the molecule is CCc1ccc(C(=O)[C@H](C)OC(=O)c2ccc3c(=O)n4c(nc3c2)CCC4)cc1. The molecule has 0 fully saturated rings. The highest BCUT2D eigenvalue weighted by molar-refractivity contribution is 6.02. The third kappa shape index (κ3) is 3.58. The lowest BCUT2D eigenvalue weighted by Gasteiger charge is -2.13. The number of nitrogens with zero attached hydrogens (tertiary/aromatic N) is 2. The maximum absolute atomic E-state index is 12.6. The Hall–Kier alpha value is -3.28. The van der Waals surface area contributed by atoms with Gasteiger partial charge in [-0.3, -0.25) is 14.2 Å². The zero-order valence-electron chi connectivity index (χ0n) is 16.5. The van der Waals surface area contributed by atoms with Crippen LogP contribution >= 0.6 is 0 Å². The summed E-state index contributed by atoms with van der Waals surface area (Å²) < 4.78 is 7.07. The number of aromatic nitrogens is 2. The van der Waals surface area contributed by atoms with Crippen LogP contribution in [0, 0.1) is 0 Å². The molecule has 1 atom stereocenters. The molecule has 6 heteroatoms. The summed E-state index contributed by atoms with van der Waals surface area (Å²) in [6.07, 6.45) is 1.63. The fourth-order valence-electron chi connectivity index (χ4n) is 3.63. The van der Waals surface area contributed by atoms with Crippen molar-refractivity contribution in [2.75, 3.05) is 0 Å². The van der Waals surface area contributed by atoms with Crippen LogP contribution in [0.1, 0.15) is 52.4 Å². The molecule has 29 heavy (non-hydrogen) atoms. The van der Waals surface area contributed by atoms with Crippen LogP contribution in [-0.4, -0.2) is 27.4 Å². The molecule has 0 spiro atoms. The first-order chi connectivity index (χ1) is 14.0. The molecule has 0 radical (unpaired) electrons. The standard InChI is InChI=1S/C23H22N2O4/c1-3-15-6-8-16(9-7-15)21(26)14(2)29-23(28)17-10-11-18-19(13-17)24-20-5-4-12-25(20)22(18)27/h6-11,13-14H,3-5,12H2,1-2H3/t14-/m0/s1. The summed E-state index contributed by atoms with van der Waals surface area (Å²) >= 11 is 0. The average Bonchev–Trinajstić information content (AvgIpc) is 3.21. The Morgan fingerprint density at radius 3 is 2.59 bits per heavy atom. The van der Waals surface area contributed by atoms with E-state index in [0.29, 0.717) is 23.0 Å². The Kier molecular flexibility index (Phi) is 5.01. The topological polar surface area (TPSA) is 78.3 Å². The zero-order chi connectivity index (χ0) is 20.5. The summed E-state index contributed by atoms with van der Waals surface area (Å²) in [4.78, 5) is 42.2. The summed E-state index contributed by atoms with van der Waals surface area (Å²) in [7, 11) is 0. The van der Waals surface area contributed by atoms with E-state index in [-0.39, 0.29) is 16.9 Å². The summed E-state index contributed by atoms with van der Waals surface area (Å²) in [5, 5.41) is 0.479. The number of ether oxygens (including phenoxy) is 1. The minimum Gasteiger partial charge on any atom is -0.451 e. The average molecular weight is 390 g/mol. The van der Waals surface area contributed by atoms with Gasteiger partial charge in [0.25, 0.3) is 5.56 Å². The Balaban J connectivity index is 1.54. The highest BCUT2D eigenvalue weighted by Crippen LogP contribution is 2.18. The van der Waals surface area contributed by atoms with Crippen molar-refractivity contribution >= 4 is 22.7 Å². The number of esters is 1. The van der Waals surface area contributed by atoms with Gasteiger partial charge in [-0.15, -0.1) is 0 Å². The van der Waals surface area contributed by atoms with E-state index in [4.69, 9.17) is 4.74 Å². The number of ketones is 1. The minimum atomic E-state index is -0.913. The van der Waals surface area contributed by atoms with Crippen molar-refractivity contribution in [1.82, 2.24) is 9.55 Å². The normalized spacial score (nSPS) is 13.9. The van der Waals surface area contributed by atoms with E-state index >= 15 is 0 Å². The highest BCUT2D eigenvalue weighted by Gasteiger charge is 2.22. The number of hydrogen-bond donors (Lipinski definition) is 0. The fraction of sp³-hybridized carbons (Fsp3) is 0.304. The van der Waals surface area contributed by atoms with Crippen LogP contribution in [0.15, 0.2) is 47.3 Å². The van der Waals surface area contributed by atoms with Crippen molar-refractivity contribution in [3.63, 3.8) is 0 Å². The molecule has 0 N–H and O–H groups in total. The first-order valence-electron chi connectivity index (χ1n) is 9.85. The molecule has 3 aromatic rings. The van der Waals surface area contributed by atoms with Crippen molar-refractivity contribution in [1.29, 1.82) is 0 Å². The van der Waals surface area contributed by atoms with Crippen molar-refractivity contribution in [2.45, 2.75) is 45.8 Å². The Labute approximate surface area is 168 Å². The van der Waals surface area contributed by atoms with E-state index < -0.39 is 12.1 Å². The minimum absolute atomic E-state index is 0.0820. The Morgan fingerprint density at radius 2 is 1.86 bits per heavy atom. The number of rotatable bonds is 5. The molecule has 1 aliphatic heterocycles. The van der Waals surface area contributed by atoms with Gasteiger partial charge in [0.2, 0.25) is 5.78 Å². The monoisotopic (exact) mass is 390 g/mol. The lowest BCUT2D eigenvalue weighted by molar-refractivity contribution is 0.0319. The van der Waals surface area contributed by atoms with Crippen LogP contribution in [0.4, 0.5) is 0 Å². The Morgan fingerprint density at radius 1 is 1.14 bits per heavy atom. The number of hydrogen-bond acceptors (Lipinski definition) is 5. The number of fused-ring (bicyclic) bond motifs is 2. The van der Waals surface area contributed by atoms with Crippen molar-refractivity contribution < 1.29 is 14.3 Å². The van der Waals surface area contributed by atoms with E-state index in [1.807, 2.05) is 19.1 Å². The van der Waals surface area contributed by atoms with Crippen LogP contribution < -0.4 is 5.56 Å². The van der Waals surface area contributed by atoms with E-state index in [2.05, 4.69) is 4.98 Å². The lowest BCUT2D eigenvalue weighted by atomic mass is 10.0. The van der Waals surface area contributed by atoms with Gasteiger partial charge in [0.1, 0.15) is 5.82 Å². The largest absolute Gasteiger partial charge is 0.451 e. The molecule has 0 amide bonds. The van der Waals surface area contributed by atoms with Crippen molar-refractivity contribution in [2.24, 2.45) is 0 Å². The second kappa shape index (κ2) is 7.62. The molecule has 6 nitrogen and oxygen atoms in total. The van der Waals surface area contributed by atoms with Gasteiger partial charge in [-0.2, -0.15) is 0 Å². The third-order valence-corrected chi connectivity index (χ3v) is 5.35. The van der Waals surface area contributed by atoms with Gasteiger partial charge >= 0.3 is 5.97 Å². The lowest BCUT2D eigenvalue weighted by Crippen LogP contribution is -2.25. The third-order valence-electron chi connectivity index (χ3n) is 5.35. The number of benzene rings is 2. The molecular weight excluding hydrogens is 368 g/mol. The molecule has 2 heterocycles. The van der Waals surface area contributed by atoms with Gasteiger partial charge in [-0.25, -0.2) is 9.78 Å². The highest BCUT2D eigenvalue weighted by atomic mass is 16.5. The van der Waals surface area contributed by atoms with Crippen molar-refractivity contribution in [3.05, 3.63) is 75.3 Å². The smallest absolute Gasteiger partial charge is 0.338 e. The van der Waals surface area contributed by atoms with Crippen LogP contribution in [0.5, 0.6) is 0 Å². The predicted octanol–water partition coefficient (Wildman–Crippen LogP) is 3.33. The quantitative estimate of drug-likeness (QED) is 0.493. The number of carbonyl (C=O) groups excluding carboxylic acids is 2. The molecule has 0 bridgehead atoms. The van der Waals surface area contributed by atoms with E-state index in [1.54, 1.807) is 41.8 Å². The van der Waals surface area contributed by atoms with Gasteiger partial charge in [0.15, 0.2) is 6.10 Å². The zero-order valence-corrected chi connectivity index (χ0v) is 16.5. The molecule has 0 saturated heterocycles. The maximum atomic E-state index is 12.6. The molecule has 4 rings (SSSR count). The van der Waals surface area contributed by atoms with Gasteiger partial charge < -0.3 is 4.74 Å². The molecule has 148 valence electrons. The number of Topliss-reactive ketones (excluding diaryl/α,β-unsaturated/α-hetero) is 1. The molecule has 0 aliphatic carbocycles.